The van der Waals surface area contributed by atoms with E-state index in [4.69, 9.17) is 4.98 Å². The summed E-state index contributed by atoms with van der Waals surface area (Å²) in [5.74, 6) is -0.0258. The second-order valence-electron chi connectivity index (χ2n) is 8.90. The third-order valence-electron chi connectivity index (χ3n) is 6.33. The molecule has 5 rings (SSSR count). The molecule has 0 radical (unpaired) electrons. The summed E-state index contributed by atoms with van der Waals surface area (Å²) in [5, 5.41) is 4.03. The molecule has 0 atom stereocenters. The van der Waals surface area contributed by atoms with E-state index in [1.165, 1.54) is 23.1 Å². The normalized spacial score (nSPS) is 13.0. The minimum atomic E-state index is -0.165. The number of hydrogen-bond acceptors (Lipinski definition) is 6. The highest BCUT2D eigenvalue weighted by Crippen LogP contribution is 2.34. The average Bonchev–Trinajstić information content (AvgIpc) is 3.23. The van der Waals surface area contributed by atoms with E-state index >= 15 is 0 Å². The second-order valence-corrected chi connectivity index (χ2v) is 10.9. The van der Waals surface area contributed by atoms with Crippen molar-refractivity contribution in [1.29, 1.82) is 0 Å². The Morgan fingerprint density at radius 1 is 1.11 bits per heavy atom. The average molecular weight is 519 g/mol. The van der Waals surface area contributed by atoms with E-state index in [-0.39, 0.29) is 23.1 Å². The molecular weight excluding hydrogens is 492 g/mol. The molecule has 0 bridgehead atoms. The number of nitrogens with one attached hydrogen (secondary N) is 1. The highest BCUT2D eigenvalue weighted by Gasteiger charge is 2.26. The van der Waals surface area contributed by atoms with E-state index in [9.17, 15) is 14.4 Å². The fourth-order valence-electron chi connectivity index (χ4n) is 4.34. The van der Waals surface area contributed by atoms with Gasteiger partial charge in [-0.1, -0.05) is 47.7 Å². The maximum absolute atomic E-state index is 13.9. The van der Waals surface area contributed by atoms with Crippen LogP contribution >= 0.6 is 23.1 Å². The molecule has 3 heterocycles. The molecule has 2 aromatic heterocycles. The smallest absolute Gasteiger partial charge is 0.267 e. The highest BCUT2D eigenvalue weighted by atomic mass is 32.2. The molecule has 9 heteroatoms. The van der Waals surface area contributed by atoms with Crippen molar-refractivity contribution >= 4 is 50.8 Å². The molecule has 1 N–H and O–H groups in total. The van der Waals surface area contributed by atoms with Crippen LogP contribution in [0.25, 0.3) is 15.9 Å². The number of anilines is 1. The van der Waals surface area contributed by atoms with Gasteiger partial charge >= 0.3 is 0 Å². The van der Waals surface area contributed by atoms with Gasteiger partial charge in [0.1, 0.15) is 4.83 Å². The molecular formula is C27H26N4O3S2. The van der Waals surface area contributed by atoms with Gasteiger partial charge in [-0.25, -0.2) is 4.98 Å². The van der Waals surface area contributed by atoms with Gasteiger partial charge in [0.2, 0.25) is 11.8 Å². The molecule has 0 saturated heterocycles. The third-order valence-corrected chi connectivity index (χ3v) is 8.38. The van der Waals surface area contributed by atoms with Gasteiger partial charge in [0.15, 0.2) is 5.16 Å². The minimum Gasteiger partial charge on any atom is -0.337 e. The van der Waals surface area contributed by atoms with Crippen molar-refractivity contribution in [3.63, 3.8) is 0 Å². The lowest BCUT2D eigenvalue weighted by molar-refractivity contribution is -0.129. The maximum Gasteiger partial charge on any atom is 0.267 e. The number of rotatable bonds is 5. The van der Waals surface area contributed by atoms with Gasteiger partial charge in [-0.05, 0) is 49.6 Å². The van der Waals surface area contributed by atoms with Crippen LogP contribution in [-0.2, 0) is 22.6 Å². The van der Waals surface area contributed by atoms with Gasteiger partial charge in [-0.2, -0.15) is 0 Å². The quantitative estimate of drug-likeness (QED) is 0.306. The lowest BCUT2D eigenvalue weighted by Crippen LogP contribution is -2.34. The van der Waals surface area contributed by atoms with Crippen LogP contribution < -0.4 is 10.9 Å². The van der Waals surface area contributed by atoms with Crippen LogP contribution in [0.2, 0.25) is 0 Å². The Bertz CT molecular complexity index is 1540. The van der Waals surface area contributed by atoms with Gasteiger partial charge in [-0.15, -0.1) is 11.3 Å². The first-order chi connectivity index (χ1) is 17.3. The molecule has 0 aliphatic carbocycles. The zero-order valence-electron chi connectivity index (χ0n) is 20.3. The number of aromatic nitrogens is 2. The van der Waals surface area contributed by atoms with Crippen LogP contribution in [0.15, 0.2) is 58.5 Å². The molecule has 36 heavy (non-hydrogen) atoms. The molecule has 0 unspecified atom stereocenters. The number of benzene rings is 2. The Labute approximate surface area is 217 Å². The highest BCUT2D eigenvalue weighted by molar-refractivity contribution is 7.99. The first kappa shape index (κ1) is 24.3. The Morgan fingerprint density at radius 3 is 2.58 bits per heavy atom. The summed E-state index contributed by atoms with van der Waals surface area (Å²) in [6.45, 7) is 6.59. The lowest BCUT2D eigenvalue weighted by Gasteiger charge is -2.25. The van der Waals surface area contributed by atoms with Gasteiger partial charge in [0.05, 0.1) is 23.4 Å². The maximum atomic E-state index is 13.9. The summed E-state index contributed by atoms with van der Waals surface area (Å²) >= 11 is 2.70. The van der Waals surface area contributed by atoms with E-state index in [1.807, 2.05) is 62.4 Å². The van der Waals surface area contributed by atoms with E-state index < -0.39 is 0 Å². The summed E-state index contributed by atoms with van der Waals surface area (Å²) in [6, 6.07) is 15.3. The fraction of sp³-hybridized carbons (Fsp3) is 0.259. The van der Waals surface area contributed by atoms with E-state index in [0.29, 0.717) is 40.6 Å². The molecule has 4 aromatic rings. The number of carbonyl (C=O) groups excluding carboxylic acids is 2. The Morgan fingerprint density at radius 2 is 1.86 bits per heavy atom. The zero-order chi connectivity index (χ0) is 25.4. The Balaban J connectivity index is 1.53. The van der Waals surface area contributed by atoms with Crippen LogP contribution in [0.1, 0.15) is 28.5 Å². The summed E-state index contributed by atoms with van der Waals surface area (Å²) in [5.41, 5.74) is 4.39. The second kappa shape index (κ2) is 9.91. The Hall–Kier alpha value is -3.43. The largest absolute Gasteiger partial charge is 0.337 e. The topological polar surface area (TPSA) is 84.3 Å². The number of aryl methyl sites for hydroxylation is 2. The molecule has 0 saturated carbocycles. The van der Waals surface area contributed by atoms with Crippen molar-refractivity contribution in [3.05, 3.63) is 80.5 Å². The van der Waals surface area contributed by atoms with Crippen LogP contribution in [0, 0.1) is 13.8 Å². The van der Waals surface area contributed by atoms with E-state index in [2.05, 4.69) is 5.32 Å². The molecule has 0 spiro atoms. The summed E-state index contributed by atoms with van der Waals surface area (Å²) in [4.78, 5) is 46.9. The number of carbonyl (C=O) groups is 2. The number of fused-ring (bicyclic) bond motifs is 3. The van der Waals surface area contributed by atoms with Crippen molar-refractivity contribution in [2.75, 3.05) is 17.6 Å². The SMILES string of the molecule is CC(=O)N1CCc2c(sc3nc(SCC(=O)Nc4ccccc4C)n(-c4ccc(C)cc4)c(=O)c23)C1. The Kier molecular flexibility index (Phi) is 6.68. The lowest BCUT2D eigenvalue weighted by atomic mass is 10.1. The number of thioether (sulfide) groups is 1. The molecule has 1 aliphatic heterocycles. The van der Waals surface area contributed by atoms with Crippen molar-refractivity contribution in [2.24, 2.45) is 0 Å². The molecule has 184 valence electrons. The standard InChI is InChI=1S/C27H26N4O3S2/c1-16-8-10-19(11-9-16)31-26(34)24-20-12-13-30(18(3)32)14-22(20)36-25(24)29-27(31)35-15-23(33)28-21-7-5-4-6-17(21)2/h4-11H,12-15H2,1-3H3,(H,28,33). The number of amides is 2. The predicted octanol–water partition coefficient (Wildman–Crippen LogP) is 4.70. The monoisotopic (exact) mass is 518 g/mol. The number of thiophene rings is 1. The molecule has 1 aliphatic rings. The van der Waals surface area contributed by atoms with Crippen LogP contribution in [0.5, 0.6) is 0 Å². The van der Waals surface area contributed by atoms with Crippen molar-refractivity contribution < 1.29 is 9.59 Å². The van der Waals surface area contributed by atoms with Gasteiger partial charge in [-0.3, -0.25) is 19.0 Å². The molecule has 2 aromatic carbocycles. The number of hydrogen-bond donors (Lipinski definition) is 1. The molecule has 2 amide bonds. The van der Waals surface area contributed by atoms with E-state index in [0.717, 1.165) is 27.3 Å². The summed E-state index contributed by atoms with van der Waals surface area (Å²) < 4.78 is 1.61. The first-order valence-corrected chi connectivity index (χ1v) is 13.5. The minimum absolute atomic E-state index is 0.0269. The van der Waals surface area contributed by atoms with Gasteiger partial charge < -0.3 is 10.2 Å². The number of para-hydroxylation sites is 1. The van der Waals surface area contributed by atoms with Crippen LogP contribution in [0.4, 0.5) is 5.69 Å². The van der Waals surface area contributed by atoms with Gasteiger partial charge in [0.25, 0.3) is 5.56 Å². The molecule has 0 fully saturated rings. The predicted molar refractivity (Wildman–Crippen MR) is 145 cm³/mol. The van der Waals surface area contributed by atoms with Crippen molar-refractivity contribution in [1.82, 2.24) is 14.5 Å². The first-order valence-electron chi connectivity index (χ1n) is 11.7. The van der Waals surface area contributed by atoms with Crippen LogP contribution in [0.3, 0.4) is 0 Å². The summed E-state index contributed by atoms with van der Waals surface area (Å²) in [6.07, 6.45) is 0.630. The van der Waals surface area contributed by atoms with E-state index in [1.54, 1.807) is 16.4 Å². The zero-order valence-corrected chi connectivity index (χ0v) is 22.0. The fourth-order valence-corrected chi connectivity index (χ4v) is 6.43. The van der Waals surface area contributed by atoms with Crippen molar-refractivity contribution in [3.8, 4) is 5.69 Å². The van der Waals surface area contributed by atoms with Crippen LogP contribution in [-0.4, -0.2) is 38.6 Å². The van der Waals surface area contributed by atoms with Crippen molar-refractivity contribution in [2.45, 2.75) is 38.9 Å². The molecule has 7 nitrogen and oxygen atoms in total. The number of nitrogens with zero attached hydrogens (tertiary/aromatic N) is 3. The van der Waals surface area contributed by atoms with Gasteiger partial charge in [0, 0.05) is 24.0 Å². The summed E-state index contributed by atoms with van der Waals surface area (Å²) in [7, 11) is 0. The third kappa shape index (κ3) is 4.68.